The minimum absolute atomic E-state index is 0. The normalized spacial score (nSPS) is 17.1. The molecule has 1 heterocycles. The molecule has 0 amide bonds. The molecule has 1 atom stereocenters. The van der Waals surface area contributed by atoms with E-state index in [1.54, 1.807) is 6.92 Å². The molecule has 0 saturated carbocycles. The summed E-state index contributed by atoms with van der Waals surface area (Å²) in [5.41, 5.74) is -1.27. The van der Waals surface area contributed by atoms with Gasteiger partial charge in [-0.05, 0) is 18.6 Å². The van der Waals surface area contributed by atoms with Crippen LogP contribution in [0.5, 0.6) is 0 Å². The number of halogens is 7. The third-order valence-corrected chi connectivity index (χ3v) is 4.04. The van der Waals surface area contributed by atoms with E-state index in [0.717, 1.165) is 12.1 Å². The molecule has 0 aliphatic carbocycles. The van der Waals surface area contributed by atoms with Crippen molar-refractivity contribution in [3.8, 4) is 0 Å². The number of alkyl halides is 3. The minimum Gasteiger partial charge on any atom is -0.314 e. The first-order valence-corrected chi connectivity index (χ1v) is 7.24. The highest BCUT2D eigenvalue weighted by Crippen LogP contribution is 2.40. The van der Waals surface area contributed by atoms with Crippen molar-refractivity contribution >= 4 is 36.4 Å². The Bertz CT molecular complexity index is 506. The predicted octanol–water partition coefficient (Wildman–Crippen LogP) is 4.70. The smallest absolute Gasteiger partial charge is 0.314 e. The Morgan fingerprint density at radius 1 is 1.22 bits per heavy atom. The van der Waals surface area contributed by atoms with Crippen LogP contribution in [0.4, 0.5) is 17.6 Å². The fourth-order valence-electron chi connectivity index (χ4n) is 2.78. The SMILES string of the molecule is CC[C@H](c1c(C(F)(F)F)ccc(Cl)c1F)N1CCNCC1.Cl.Cl. The lowest BCUT2D eigenvalue weighted by Crippen LogP contribution is -2.45. The zero-order chi connectivity index (χ0) is 15.6. The Hall–Kier alpha value is -0.270. The molecule has 2 nitrogen and oxygen atoms in total. The van der Waals surface area contributed by atoms with Gasteiger partial charge in [-0.1, -0.05) is 18.5 Å². The van der Waals surface area contributed by atoms with Crippen LogP contribution in [-0.2, 0) is 6.18 Å². The Morgan fingerprint density at radius 2 is 1.78 bits per heavy atom. The predicted molar refractivity (Wildman–Crippen MR) is 88.4 cm³/mol. The Kier molecular flexibility index (Phi) is 9.17. The van der Waals surface area contributed by atoms with Gasteiger partial charge >= 0.3 is 6.18 Å². The topological polar surface area (TPSA) is 15.3 Å². The van der Waals surface area contributed by atoms with Crippen LogP contribution in [0.1, 0.15) is 30.5 Å². The first-order valence-electron chi connectivity index (χ1n) is 6.86. The number of hydrogen-bond acceptors (Lipinski definition) is 2. The van der Waals surface area contributed by atoms with E-state index >= 15 is 0 Å². The van der Waals surface area contributed by atoms with E-state index in [-0.39, 0.29) is 35.4 Å². The molecule has 0 spiro atoms. The van der Waals surface area contributed by atoms with E-state index in [1.165, 1.54) is 0 Å². The highest BCUT2D eigenvalue weighted by atomic mass is 35.5. The Balaban J connectivity index is 0.00000242. The lowest BCUT2D eigenvalue weighted by molar-refractivity contribution is -0.139. The molecule has 9 heteroatoms. The van der Waals surface area contributed by atoms with Gasteiger partial charge in [0.15, 0.2) is 0 Å². The molecule has 0 aromatic heterocycles. The molecule has 1 fully saturated rings. The maximum Gasteiger partial charge on any atom is 0.416 e. The first kappa shape index (κ1) is 22.7. The van der Waals surface area contributed by atoms with Gasteiger partial charge in [-0.3, -0.25) is 4.90 Å². The zero-order valence-corrected chi connectivity index (χ0v) is 14.8. The summed E-state index contributed by atoms with van der Waals surface area (Å²) in [5, 5.41) is 2.86. The van der Waals surface area contributed by atoms with Crippen molar-refractivity contribution in [2.24, 2.45) is 0 Å². The summed E-state index contributed by atoms with van der Waals surface area (Å²) in [6.45, 7) is 4.29. The number of hydrogen-bond donors (Lipinski definition) is 1. The molecule has 0 unspecified atom stereocenters. The van der Waals surface area contributed by atoms with Gasteiger partial charge in [-0.15, -0.1) is 24.8 Å². The molecule has 134 valence electrons. The van der Waals surface area contributed by atoms with Crippen LogP contribution in [0, 0.1) is 5.82 Å². The maximum absolute atomic E-state index is 14.3. The largest absolute Gasteiger partial charge is 0.416 e. The van der Waals surface area contributed by atoms with Crippen LogP contribution in [0.3, 0.4) is 0 Å². The fraction of sp³-hybridized carbons (Fsp3) is 0.571. The van der Waals surface area contributed by atoms with Crippen LogP contribution in [-0.4, -0.2) is 31.1 Å². The highest BCUT2D eigenvalue weighted by molar-refractivity contribution is 6.30. The highest BCUT2D eigenvalue weighted by Gasteiger charge is 2.38. The second kappa shape index (κ2) is 9.28. The van der Waals surface area contributed by atoms with Crippen molar-refractivity contribution < 1.29 is 17.6 Å². The van der Waals surface area contributed by atoms with Gasteiger partial charge in [0.05, 0.1) is 10.6 Å². The molecular weight excluding hydrogens is 379 g/mol. The third kappa shape index (κ3) is 5.10. The molecule has 1 aliphatic heterocycles. The Morgan fingerprint density at radius 3 is 2.26 bits per heavy atom. The quantitative estimate of drug-likeness (QED) is 0.744. The fourth-order valence-corrected chi connectivity index (χ4v) is 2.94. The summed E-state index contributed by atoms with van der Waals surface area (Å²) in [6.07, 6.45) is -4.21. The summed E-state index contributed by atoms with van der Waals surface area (Å²) in [7, 11) is 0. The molecule has 1 N–H and O–H groups in total. The standard InChI is InChI=1S/C14H17ClF4N2.2ClH/c1-2-11(21-7-5-20-6-8-21)12-9(14(17,18)19)3-4-10(15)13(12)16;;/h3-4,11,20H,2,5-8H2,1H3;2*1H/t11-;;/m1../s1. The second-order valence-electron chi connectivity index (χ2n) is 5.03. The van der Waals surface area contributed by atoms with Gasteiger partial charge in [-0.2, -0.15) is 13.2 Å². The summed E-state index contributed by atoms with van der Waals surface area (Å²) < 4.78 is 53.9. The lowest BCUT2D eigenvalue weighted by Gasteiger charge is -2.36. The summed E-state index contributed by atoms with van der Waals surface area (Å²) in [5.74, 6) is -0.961. The van der Waals surface area contributed by atoms with Gasteiger partial charge in [0.1, 0.15) is 5.82 Å². The molecule has 2 rings (SSSR count). The molecule has 1 aromatic rings. The monoisotopic (exact) mass is 396 g/mol. The van der Waals surface area contributed by atoms with E-state index in [9.17, 15) is 17.6 Å². The molecule has 0 bridgehead atoms. The summed E-state index contributed by atoms with van der Waals surface area (Å²) >= 11 is 5.70. The third-order valence-electron chi connectivity index (χ3n) is 3.75. The number of nitrogens with zero attached hydrogens (tertiary/aromatic N) is 1. The van der Waals surface area contributed by atoms with Crippen LogP contribution in [0.2, 0.25) is 5.02 Å². The van der Waals surface area contributed by atoms with E-state index in [1.807, 2.05) is 4.90 Å². The van der Waals surface area contributed by atoms with Gasteiger partial charge in [0, 0.05) is 37.8 Å². The van der Waals surface area contributed by atoms with Gasteiger partial charge < -0.3 is 5.32 Å². The second-order valence-corrected chi connectivity index (χ2v) is 5.44. The average molecular weight is 398 g/mol. The van der Waals surface area contributed by atoms with E-state index in [2.05, 4.69) is 5.32 Å². The van der Waals surface area contributed by atoms with Gasteiger partial charge in [-0.25, -0.2) is 4.39 Å². The lowest BCUT2D eigenvalue weighted by atomic mass is 9.95. The van der Waals surface area contributed by atoms with Gasteiger partial charge in [0.25, 0.3) is 0 Å². The van der Waals surface area contributed by atoms with E-state index in [4.69, 9.17) is 11.6 Å². The number of piperazine rings is 1. The summed E-state index contributed by atoms with van der Waals surface area (Å²) in [4.78, 5) is 1.88. The minimum atomic E-state index is -4.60. The van der Waals surface area contributed by atoms with Crippen molar-refractivity contribution in [2.75, 3.05) is 26.2 Å². The van der Waals surface area contributed by atoms with Crippen molar-refractivity contribution in [1.82, 2.24) is 10.2 Å². The molecule has 1 aromatic carbocycles. The van der Waals surface area contributed by atoms with Crippen molar-refractivity contribution in [3.05, 3.63) is 34.1 Å². The van der Waals surface area contributed by atoms with Gasteiger partial charge in [0.2, 0.25) is 0 Å². The van der Waals surface area contributed by atoms with Crippen LogP contribution < -0.4 is 5.32 Å². The first-order chi connectivity index (χ1) is 9.86. The number of nitrogens with one attached hydrogen (secondary N) is 1. The molecule has 1 aliphatic rings. The van der Waals surface area contributed by atoms with Crippen LogP contribution >= 0.6 is 36.4 Å². The average Bonchev–Trinajstić information content (AvgIpc) is 2.44. The van der Waals surface area contributed by atoms with Crippen LogP contribution in [0.25, 0.3) is 0 Å². The van der Waals surface area contributed by atoms with E-state index in [0.29, 0.717) is 32.6 Å². The van der Waals surface area contributed by atoms with E-state index < -0.39 is 23.6 Å². The zero-order valence-electron chi connectivity index (χ0n) is 12.4. The number of rotatable bonds is 3. The molecular formula is C14H19Cl3F4N2. The van der Waals surface area contributed by atoms with Crippen molar-refractivity contribution in [2.45, 2.75) is 25.6 Å². The Labute approximate surface area is 150 Å². The molecule has 1 saturated heterocycles. The summed E-state index contributed by atoms with van der Waals surface area (Å²) in [6, 6.07) is 1.21. The van der Waals surface area contributed by atoms with Crippen LogP contribution in [0.15, 0.2) is 12.1 Å². The van der Waals surface area contributed by atoms with Crippen molar-refractivity contribution in [1.29, 1.82) is 0 Å². The molecule has 0 radical (unpaired) electrons. The van der Waals surface area contributed by atoms with Crippen molar-refractivity contribution in [3.63, 3.8) is 0 Å². The molecule has 23 heavy (non-hydrogen) atoms. The maximum atomic E-state index is 14.3. The number of benzene rings is 1.